The highest BCUT2D eigenvalue weighted by Crippen LogP contribution is 2.60. The quantitative estimate of drug-likeness (QED) is 0.704. The van der Waals surface area contributed by atoms with Crippen molar-refractivity contribution in [1.29, 1.82) is 0 Å². The van der Waals surface area contributed by atoms with E-state index in [0.717, 1.165) is 28.8 Å². The largest absolute Gasteiger partial charge is 0.495 e. The minimum absolute atomic E-state index is 0.00800. The Bertz CT molecular complexity index is 803. The van der Waals surface area contributed by atoms with E-state index >= 15 is 0 Å². The lowest BCUT2D eigenvalue weighted by Crippen LogP contribution is -2.47. The molecule has 1 unspecified atom stereocenters. The molecule has 1 N–H and O–H groups in total. The maximum atomic E-state index is 10.8. The van der Waals surface area contributed by atoms with Crippen LogP contribution >= 0.6 is 15.9 Å². The number of methoxy groups -OCH3 is 1. The number of rotatable bonds is 2. The summed E-state index contributed by atoms with van der Waals surface area (Å²) in [6.07, 6.45) is 1.45. The average molecular weight is 417 g/mol. The van der Waals surface area contributed by atoms with Gasteiger partial charge in [-0.15, -0.1) is 0 Å². The van der Waals surface area contributed by atoms with Crippen LogP contribution in [0.15, 0.2) is 46.9 Å². The molecule has 3 nitrogen and oxygen atoms in total. The van der Waals surface area contributed by atoms with Crippen LogP contribution in [0.4, 0.5) is 0 Å². The molecule has 0 radical (unpaired) electrons. The normalized spacial score (nSPS) is 29.3. The lowest BCUT2D eigenvalue weighted by Gasteiger charge is -2.52. The topological polar surface area (TPSA) is 38.7 Å². The molecule has 1 saturated carbocycles. The number of aliphatic hydroxyl groups excluding tert-OH is 1. The number of hydrogen-bond acceptors (Lipinski definition) is 3. The molecule has 0 amide bonds. The van der Waals surface area contributed by atoms with Gasteiger partial charge in [-0.25, -0.2) is 0 Å². The maximum Gasteiger partial charge on any atom is 0.136 e. The fraction of sp³-hybridized carbons (Fsp3) is 0.455. The molecule has 0 spiro atoms. The molecule has 1 aliphatic heterocycles. The summed E-state index contributed by atoms with van der Waals surface area (Å²) in [4.78, 5) is 0. The zero-order valence-electron chi connectivity index (χ0n) is 15.4. The summed E-state index contributed by atoms with van der Waals surface area (Å²) in [5.74, 6) is 2.19. The van der Waals surface area contributed by atoms with Gasteiger partial charge >= 0.3 is 0 Å². The first-order valence-corrected chi connectivity index (χ1v) is 10.00. The fourth-order valence-corrected chi connectivity index (χ4v) is 5.36. The van der Waals surface area contributed by atoms with Crippen molar-refractivity contribution in [3.63, 3.8) is 0 Å². The van der Waals surface area contributed by atoms with E-state index in [0.29, 0.717) is 5.92 Å². The Labute approximate surface area is 163 Å². The predicted octanol–water partition coefficient (Wildman–Crippen LogP) is 5.47. The van der Waals surface area contributed by atoms with Crippen LogP contribution < -0.4 is 9.47 Å². The van der Waals surface area contributed by atoms with Gasteiger partial charge in [0.05, 0.1) is 17.7 Å². The van der Waals surface area contributed by atoms with Gasteiger partial charge in [-0.1, -0.05) is 44.2 Å². The third-order valence-corrected chi connectivity index (χ3v) is 6.87. The molecule has 4 heteroatoms. The molecule has 1 aliphatic carbocycles. The second-order valence-electron chi connectivity index (χ2n) is 8.03. The van der Waals surface area contributed by atoms with Gasteiger partial charge in [-0.3, -0.25) is 0 Å². The number of aliphatic hydroxyl groups is 1. The van der Waals surface area contributed by atoms with Crippen LogP contribution in [0.1, 0.15) is 49.8 Å². The first kappa shape index (κ1) is 17.9. The Balaban J connectivity index is 1.88. The summed E-state index contributed by atoms with van der Waals surface area (Å²) in [7, 11) is 1.67. The third kappa shape index (κ3) is 2.74. The molecule has 4 rings (SSSR count). The molecule has 4 atom stereocenters. The Morgan fingerprint density at radius 1 is 1.15 bits per heavy atom. The SMILES string of the molecule is COc1cc2c(cc1Br)[C@@H]1[C@H](CCC(O)C1(C)C)[C@@H](c1ccccc1)O2. The smallest absolute Gasteiger partial charge is 0.136 e. The van der Waals surface area contributed by atoms with E-state index in [-0.39, 0.29) is 23.5 Å². The van der Waals surface area contributed by atoms with Crippen molar-refractivity contribution in [1.82, 2.24) is 0 Å². The zero-order chi connectivity index (χ0) is 18.5. The Morgan fingerprint density at radius 3 is 2.58 bits per heavy atom. The summed E-state index contributed by atoms with van der Waals surface area (Å²) >= 11 is 3.62. The summed E-state index contributed by atoms with van der Waals surface area (Å²) < 4.78 is 12.9. The van der Waals surface area contributed by atoms with Crippen LogP contribution in [0.3, 0.4) is 0 Å². The van der Waals surface area contributed by atoms with Gasteiger partial charge in [0.2, 0.25) is 0 Å². The number of fused-ring (bicyclic) bond motifs is 3. The molecular formula is C22H25BrO3. The highest BCUT2D eigenvalue weighted by atomic mass is 79.9. The van der Waals surface area contributed by atoms with Crippen LogP contribution in [0, 0.1) is 11.3 Å². The zero-order valence-corrected chi connectivity index (χ0v) is 17.0. The summed E-state index contributed by atoms with van der Waals surface area (Å²) in [6, 6.07) is 14.5. The van der Waals surface area contributed by atoms with Crippen LogP contribution in [-0.4, -0.2) is 18.3 Å². The van der Waals surface area contributed by atoms with Crippen molar-refractivity contribution in [2.24, 2.45) is 11.3 Å². The number of hydrogen-bond donors (Lipinski definition) is 1. The Kier molecular flexibility index (Phi) is 4.52. The van der Waals surface area contributed by atoms with Gasteiger partial charge in [-0.2, -0.15) is 0 Å². The molecule has 2 aromatic carbocycles. The molecular weight excluding hydrogens is 392 g/mol. The lowest BCUT2D eigenvalue weighted by atomic mass is 9.57. The van der Waals surface area contributed by atoms with E-state index in [1.807, 2.05) is 12.1 Å². The van der Waals surface area contributed by atoms with Crippen molar-refractivity contribution in [3.05, 3.63) is 58.1 Å². The summed E-state index contributed by atoms with van der Waals surface area (Å²) in [5.41, 5.74) is 2.14. The molecule has 26 heavy (non-hydrogen) atoms. The van der Waals surface area contributed by atoms with Gasteiger partial charge in [0.1, 0.15) is 17.6 Å². The van der Waals surface area contributed by atoms with Gasteiger partial charge < -0.3 is 14.6 Å². The van der Waals surface area contributed by atoms with Gasteiger partial charge in [0, 0.05) is 17.9 Å². The highest BCUT2D eigenvalue weighted by molar-refractivity contribution is 9.10. The average Bonchev–Trinajstić information content (AvgIpc) is 2.64. The highest BCUT2D eigenvalue weighted by Gasteiger charge is 2.52. The van der Waals surface area contributed by atoms with E-state index in [4.69, 9.17) is 9.47 Å². The monoisotopic (exact) mass is 416 g/mol. The van der Waals surface area contributed by atoms with E-state index in [1.165, 1.54) is 11.1 Å². The molecule has 2 aromatic rings. The molecule has 0 aromatic heterocycles. The van der Waals surface area contributed by atoms with Crippen molar-refractivity contribution >= 4 is 15.9 Å². The van der Waals surface area contributed by atoms with Crippen molar-refractivity contribution in [3.8, 4) is 11.5 Å². The lowest BCUT2D eigenvalue weighted by molar-refractivity contribution is -0.0660. The van der Waals surface area contributed by atoms with Crippen LogP contribution in [-0.2, 0) is 0 Å². The number of benzene rings is 2. The Hall–Kier alpha value is -1.52. The second-order valence-corrected chi connectivity index (χ2v) is 8.88. The second kappa shape index (κ2) is 6.58. The first-order valence-electron chi connectivity index (χ1n) is 9.20. The molecule has 138 valence electrons. The van der Waals surface area contributed by atoms with E-state index < -0.39 is 0 Å². The summed E-state index contributed by atoms with van der Waals surface area (Å²) in [6.45, 7) is 4.37. The predicted molar refractivity (Wildman–Crippen MR) is 106 cm³/mol. The molecule has 0 saturated heterocycles. The van der Waals surface area contributed by atoms with Crippen molar-refractivity contribution < 1.29 is 14.6 Å². The van der Waals surface area contributed by atoms with Gasteiger partial charge in [0.15, 0.2) is 0 Å². The summed E-state index contributed by atoms with van der Waals surface area (Å²) in [5, 5.41) is 10.8. The minimum Gasteiger partial charge on any atom is -0.495 e. The standard InChI is InChI=1S/C22H25BrO3/c1-22(2)19(24)10-9-14-20(22)15-11-16(23)18(25-3)12-17(15)26-21(14)13-7-5-4-6-8-13/h4-8,11-12,14,19-21,24H,9-10H2,1-3H3/t14-,19?,20-,21+/m0/s1. The fourth-order valence-electron chi connectivity index (χ4n) is 4.84. The maximum absolute atomic E-state index is 10.8. The van der Waals surface area contributed by atoms with E-state index in [9.17, 15) is 5.11 Å². The van der Waals surface area contributed by atoms with Gasteiger partial charge in [0.25, 0.3) is 0 Å². The van der Waals surface area contributed by atoms with Crippen LogP contribution in [0.5, 0.6) is 11.5 Å². The van der Waals surface area contributed by atoms with Crippen LogP contribution in [0.2, 0.25) is 0 Å². The molecule has 1 fully saturated rings. The number of ether oxygens (including phenoxy) is 2. The van der Waals surface area contributed by atoms with Crippen LogP contribution in [0.25, 0.3) is 0 Å². The first-order chi connectivity index (χ1) is 12.4. The minimum atomic E-state index is -0.313. The van der Waals surface area contributed by atoms with E-state index in [2.05, 4.69) is 60.1 Å². The molecule has 2 aliphatic rings. The van der Waals surface area contributed by atoms with Crippen molar-refractivity contribution in [2.75, 3.05) is 7.11 Å². The van der Waals surface area contributed by atoms with Gasteiger partial charge in [-0.05, 0) is 51.4 Å². The van der Waals surface area contributed by atoms with Crippen molar-refractivity contribution in [2.45, 2.75) is 44.8 Å². The Morgan fingerprint density at radius 2 is 1.88 bits per heavy atom. The third-order valence-electron chi connectivity index (χ3n) is 6.25. The molecule has 1 heterocycles. The molecule has 0 bridgehead atoms. The van der Waals surface area contributed by atoms with E-state index in [1.54, 1.807) is 7.11 Å². The number of halogens is 1.